The Labute approximate surface area is 465 Å². The smallest absolute Gasteiger partial charge is 0.326 e. The average molecular weight is 1100 g/mol. The van der Waals surface area contributed by atoms with E-state index in [9.17, 15) is 48.3 Å². The van der Waals surface area contributed by atoms with Crippen LogP contribution in [0.3, 0.4) is 0 Å². The molecule has 0 fully saturated rings. The summed E-state index contributed by atoms with van der Waals surface area (Å²) in [5.41, 5.74) is 0. The van der Waals surface area contributed by atoms with Crippen LogP contribution in [0.25, 0.3) is 0 Å². The first-order valence-electron chi connectivity index (χ1n) is 29.9. The molecule has 0 aromatic rings. The predicted octanol–water partition coefficient (Wildman–Crippen LogP) is 10.4. The van der Waals surface area contributed by atoms with Crippen molar-refractivity contribution in [3.05, 3.63) is 0 Å². The van der Waals surface area contributed by atoms with E-state index in [4.69, 9.17) is 18.9 Å². The lowest BCUT2D eigenvalue weighted by Gasteiger charge is -2.14. The number of unbranched alkanes of at least 4 members (excludes halogenated alkanes) is 17. The molecule has 0 aliphatic rings. The summed E-state index contributed by atoms with van der Waals surface area (Å²) >= 11 is 0. The van der Waals surface area contributed by atoms with Gasteiger partial charge in [0.1, 0.15) is 48.2 Å². The summed E-state index contributed by atoms with van der Waals surface area (Å²) in [5.74, 6) is -1.17. The number of nitrogens with one attached hydrogen (secondary N) is 3. The van der Waals surface area contributed by atoms with Crippen molar-refractivity contribution in [1.29, 1.82) is 0 Å². The summed E-state index contributed by atoms with van der Waals surface area (Å²) in [6.45, 7) is 15.1. The molecule has 0 heterocycles. The van der Waals surface area contributed by atoms with E-state index in [1.54, 1.807) is 20.8 Å². The third-order valence-electron chi connectivity index (χ3n) is 13.8. The highest BCUT2D eigenvalue weighted by Gasteiger charge is 2.21. The zero-order valence-corrected chi connectivity index (χ0v) is 49.3. The van der Waals surface area contributed by atoms with Crippen LogP contribution in [-0.2, 0) is 62.1 Å². The Morgan fingerprint density at radius 3 is 1.40 bits per heavy atom. The van der Waals surface area contributed by atoms with Crippen LogP contribution in [0.5, 0.6) is 0 Å². The number of rotatable bonds is 55. The molecule has 448 valence electrons. The summed E-state index contributed by atoms with van der Waals surface area (Å²) in [6.07, 6.45) is 27.8. The van der Waals surface area contributed by atoms with Crippen molar-refractivity contribution < 1.29 is 67.2 Å². The maximum atomic E-state index is 12.3. The Bertz CT molecular complexity index is 1580. The SMILES string of the molecule is CC(=O)C(C)CCCCCC(=O)CC(C)C(C)=O.CCCCCCCCCCCCCCCCCC(=O)NC(CCC(=O)CCCOCCOCC(=O)NCCOCCOCC(=O)NCCCC[C@H](CC)C(C)=O)C(=O)O. The van der Waals surface area contributed by atoms with Crippen LogP contribution >= 0.6 is 0 Å². The minimum Gasteiger partial charge on any atom is -0.480 e. The number of amides is 3. The summed E-state index contributed by atoms with van der Waals surface area (Å²) in [7, 11) is 0. The summed E-state index contributed by atoms with van der Waals surface area (Å²) < 4.78 is 21.5. The van der Waals surface area contributed by atoms with E-state index in [-0.39, 0.29) is 130 Å². The molecule has 0 saturated heterocycles. The van der Waals surface area contributed by atoms with Crippen LogP contribution in [0.1, 0.15) is 241 Å². The standard InChI is InChI=1S/C45H83N3O11.C15H26O3/c1-4-6-7-8-9-10-11-12-13-14-15-16-17-18-19-25-42(51)48-41(45(54)55)27-26-40(50)24-22-30-56-32-34-58-37-44(53)47-29-31-57-33-35-59-36-43(52)46-28-21-20-23-39(5-2)38(3)49;1-11(13(3)16)8-6-5-7-9-15(18)10-12(2)14(4)17/h39,41H,4-37H2,1-3H3,(H,46,52)(H,47,53)(H,48,51)(H,54,55);11-12H,5-10H2,1-4H3/t39-,41?;/m0./s1. The molecule has 0 aromatic carbocycles. The molecule has 0 radical (unpaired) electrons. The highest BCUT2D eigenvalue weighted by Crippen LogP contribution is 2.16. The van der Waals surface area contributed by atoms with E-state index in [1.165, 1.54) is 84.0 Å². The van der Waals surface area contributed by atoms with Gasteiger partial charge in [0.2, 0.25) is 17.7 Å². The van der Waals surface area contributed by atoms with Crippen molar-refractivity contribution in [1.82, 2.24) is 16.0 Å². The van der Waals surface area contributed by atoms with Crippen molar-refractivity contribution in [2.75, 3.05) is 65.9 Å². The lowest BCUT2D eigenvalue weighted by Crippen LogP contribution is -2.41. The van der Waals surface area contributed by atoms with Crippen molar-refractivity contribution in [3.63, 3.8) is 0 Å². The van der Waals surface area contributed by atoms with Gasteiger partial charge in [-0.1, -0.05) is 137 Å². The second-order valence-corrected chi connectivity index (χ2v) is 20.9. The largest absolute Gasteiger partial charge is 0.480 e. The quantitative estimate of drug-likeness (QED) is 0.0414. The normalized spacial score (nSPS) is 12.6. The molecule has 3 unspecified atom stereocenters. The van der Waals surface area contributed by atoms with Gasteiger partial charge < -0.3 is 40.0 Å². The van der Waals surface area contributed by atoms with E-state index in [1.807, 2.05) is 13.8 Å². The summed E-state index contributed by atoms with van der Waals surface area (Å²) in [5, 5.41) is 17.6. The number of ketones is 5. The Morgan fingerprint density at radius 1 is 0.416 bits per heavy atom. The summed E-state index contributed by atoms with van der Waals surface area (Å²) in [6, 6.07) is -1.08. The zero-order valence-electron chi connectivity index (χ0n) is 49.3. The van der Waals surface area contributed by atoms with Crippen LogP contribution < -0.4 is 16.0 Å². The minimum atomic E-state index is -1.13. The van der Waals surface area contributed by atoms with E-state index in [2.05, 4.69) is 22.9 Å². The van der Waals surface area contributed by atoms with E-state index < -0.39 is 12.0 Å². The Morgan fingerprint density at radius 2 is 0.883 bits per heavy atom. The van der Waals surface area contributed by atoms with Gasteiger partial charge in [-0.3, -0.25) is 38.4 Å². The third kappa shape index (κ3) is 52.5. The number of aliphatic carboxylic acids is 1. The van der Waals surface area contributed by atoms with Crippen LogP contribution in [0.2, 0.25) is 0 Å². The topological polar surface area (TPSA) is 247 Å². The second-order valence-electron chi connectivity index (χ2n) is 20.9. The fourth-order valence-electron chi connectivity index (χ4n) is 8.30. The van der Waals surface area contributed by atoms with Crippen LogP contribution in [-0.4, -0.2) is 130 Å². The number of carbonyl (C=O) groups is 9. The Hall–Kier alpha value is -3.93. The van der Waals surface area contributed by atoms with Gasteiger partial charge >= 0.3 is 5.97 Å². The maximum absolute atomic E-state index is 12.3. The Kier molecular flexibility index (Phi) is 52.7. The molecule has 17 nitrogen and oxygen atoms in total. The molecule has 0 aliphatic carbocycles. The summed E-state index contributed by atoms with van der Waals surface area (Å²) in [4.78, 5) is 105. The van der Waals surface area contributed by atoms with Crippen LogP contribution in [0, 0.1) is 17.8 Å². The molecule has 0 aromatic heterocycles. The zero-order chi connectivity index (χ0) is 57.7. The fraction of sp³-hybridized carbons (Fsp3) is 0.850. The van der Waals surface area contributed by atoms with Gasteiger partial charge in [0, 0.05) is 69.6 Å². The lowest BCUT2D eigenvalue weighted by atomic mass is 9.95. The molecule has 0 rings (SSSR count). The van der Waals surface area contributed by atoms with Gasteiger partial charge in [-0.25, -0.2) is 4.79 Å². The molecule has 0 aliphatic heterocycles. The highest BCUT2D eigenvalue weighted by molar-refractivity contribution is 5.86. The molecule has 0 spiro atoms. The number of carboxylic acid groups (broad SMARTS) is 1. The molecule has 0 bridgehead atoms. The molecule has 3 amide bonds. The number of carbonyl (C=O) groups excluding carboxylic acids is 8. The van der Waals surface area contributed by atoms with Crippen LogP contribution in [0.15, 0.2) is 0 Å². The highest BCUT2D eigenvalue weighted by atomic mass is 16.5. The molecule has 17 heteroatoms. The molecular formula is C60H109N3O14. The fourth-order valence-corrected chi connectivity index (χ4v) is 8.30. The van der Waals surface area contributed by atoms with Gasteiger partial charge in [-0.15, -0.1) is 0 Å². The number of hydrogen-bond acceptors (Lipinski definition) is 13. The van der Waals surface area contributed by atoms with Crippen molar-refractivity contribution >= 4 is 52.6 Å². The van der Waals surface area contributed by atoms with E-state index in [0.717, 1.165) is 70.6 Å². The van der Waals surface area contributed by atoms with Gasteiger partial charge in [0.15, 0.2) is 0 Å². The van der Waals surface area contributed by atoms with E-state index >= 15 is 0 Å². The average Bonchev–Trinajstić information content (AvgIpc) is 3.38. The van der Waals surface area contributed by atoms with Gasteiger partial charge in [0.25, 0.3) is 0 Å². The third-order valence-corrected chi connectivity index (χ3v) is 13.8. The van der Waals surface area contributed by atoms with Crippen molar-refractivity contribution in [3.8, 4) is 0 Å². The Balaban J connectivity index is 0. The first-order valence-corrected chi connectivity index (χ1v) is 29.9. The molecular weight excluding hydrogens is 987 g/mol. The van der Waals surface area contributed by atoms with Crippen molar-refractivity contribution in [2.24, 2.45) is 17.8 Å². The first kappa shape index (κ1) is 75.1. The lowest BCUT2D eigenvalue weighted by molar-refractivity contribution is -0.142. The number of Topliss-reactive ketones (excluding diaryl/α,β-unsaturated/α-hetero) is 5. The first-order chi connectivity index (χ1) is 36.9. The minimum absolute atomic E-state index is 0.0546. The molecule has 0 saturated carbocycles. The maximum Gasteiger partial charge on any atom is 0.326 e. The predicted molar refractivity (Wildman–Crippen MR) is 303 cm³/mol. The number of ether oxygens (including phenoxy) is 4. The van der Waals surface area contributed by atoms with Crippen LogP contribution in [0.4, 0.5) is 0 Å². The van der Waals surface area contributed by atoms with Gasteiger partial charge in [0.05, 0.1) is 33.0 Å². The number of hydrogen-bond donors (Lipinski definition) is 4. The number of carboxylic acids is 1. The monoisotopic (exact) mass is 1100 g/mol. The molecule has 77 heavy (non-hydrogen) atoms. The van der Waals surface area contributed by atoms with Crippen molar-refractivity contribution in [2.45, 2.75) is 247 Å². The van der Waals surface area contributed by atoms with Gasteiger partial charge in [-0.05, 0) is 72.1 Å². The molecule has 4 N–H and O–H groups in total. The second kappa shape index (κ2) is 54.0. The van der Waals surface area contributed by atoms with Gasteiger partial charge in [-0.2, -0.15) is 0 Å². The molecule has 4 atom stereocenters. The van der Waals surface area contributed by atoms with E-state index in [0.29, 0.717) is 45.4 Å².